The van der Waals surface area contributed by atoms with E-state index in [0.29, 0.717) is 11.7 Å². The fourth-order valence-corrected chi connectivity index (χ4v) is 2.33. The predicted molar refractivity (Wildman–Crippen MR) is 85.8 cm³/mol. The summed E-state index contributed by atoms with van der Waals surface area (Å²) in [6.07, 6.45) is 2.07. The molecule has 2 heterocycles. The molecule has 1 aliphatic heterocycles. The van der Waals surface area contributed by atoms with Gasteiger partial charge in [-0.25, -0.2) is 0 Å². The minimum absolute atomic E-state index is 0. The largest absolute Gasteiger partial charge is 0.426 e. The number of carbonyl (C=O) groups excluding carboxylic acids is 1. The van der Waals surface area contributed by atoms with Crippen LogP contribution in [0.25, 0.3) is 0 Å². The van der Waals surface area contributed by atoms with Crippen molar-refractivity contribution in [2.75, 3.05) is 13.1 Å². The van der Waals surface area contributed by atoms with Gasteiger partial charge in [-0.1, -0.05) is 18.2 Å². The number of amides is 1. The number of hydrogen-bond acceptors (Lipinski definition) is 4. The molecule has 1 atom stereocenters. The molecule has 1 fully saturated rings. The molecule has 2 N–H and O–H groups in total. The Labute approximate surface area is 135 Å². The van der Waals surface area contributed by atoms with Gasteiger partial charge in [-0.2, -0.15) is 0 Å². The maximum absolute atomic E-state index is 12.1. The number of rotatable bonds is 4. The SMILES string of the molecule is Cl.O=C(N[C@H]1CCCNC1)c1ccc(Oc2ccccc2)o1. The van der Waals surface area contributed by atoms with Crippen LogP contribution in [0.5, 0.6) is 11.7 Å². The van der Waals surface area contributed by atoms with Gasteiger partial charge in [0.15, 0.2) is 5.76 Å². The van der Waals surface area contributed by atoms with E-state index in [9.17, 15) is 4.79 Å². The van der Waals surface area contributed by atoms with Gasteiger partial charge < -0.3 is 19.8 Å². The lowest BCUT2D eigenvalue weighted by molar-refractivity contribution is 0.0897. The topological polar surface area (TPSA) is 63.5 Å². The average Bonchev–Trinajstić information content (AvgIpc) is 2.98. The maximum Gasteiger partial charge on any atom is 0.290 e. The maximum atomic E-state index is 12.1. The molecule has 0 unspecified atom stereocenters. The van der Waals surface area contributed by atoms with E-state index in [1.807, 2.05) is 30.3 Å². The quantitative estimate of drug-likeness (QED) is 0.908. The van der Waals surface area contributed by atoms with Gasteiger partial charge in [-0.15, -0.1) is 12.4 Å². The van der Waals surface area contributed by atoms with Crippen LogP contribution in [0.2, 0.25) is 0 Å². The van der Waals surface area contributed by atoms with E-state index in [-0.39, 0.29) is 30.1 Å². The highest BCUT2D eigenvalue weighted by molar-refractivity contribution is 5.91. The Kier molecular flexibility index (Phi) is 5.86. The molecule has 0 spiro atoms. The van der Waals surface area contributed by atoms with Crippen LogP contribution in [0.15, 0.2) is 46.9 Å². The van der Waals surface area contributed by atoms with Crippen LogP contribution in [0, 0.1) is 0 Å². The number of piperidine rings is 1. The summed E-state index contributed by atoms with van der Waals surface area (Å²) in [6.45, 7) is 1.82. The first-order valence-corrected chi connectivity index (χ1v) is 7.15. The van der Waals surface area contributed by atoms with Crippen molar-refractivity contribution in [3.63, 3.8) is 0 Å². The van der Waals surface area contributed by atoms with E-state index >= 15 is 0 Å². The zero-order valence-electron chi connectivity index (χ0n) is 12.1. The summed E-state index contributed by atoms with van der Waals surface area (Å²) >= 11 is 0. The van der Waals surface area contributed by atoms with Gasteiger partial charge in [0.1, 0.15) is 5.75 Å². The molecule has 22 heavy (non-hydrogen) atoms. The molecule has 5 nitrogen and oxygen atoms in total. The van der Waals surface area contributed by atoms with E-state index < -0.39 is 0 Å². The molecule has 6 heteroatoms. The van der Waals surface area contributed by atoms with Crippen molar-refractivity contribution in [1.82, 2.24) is 10.6 Å². The summed E-state index contributed by atoms with van der Waals surface area (Å²) < 4.78 is 11.0. The van der Waals surface area contributed by atoms with Crippen LogP contribution in [-0.4, -0.2) is 25.0 Å². The summed E-state index contributed by atoms with van der Waals surface area (Å²) in [5.41, 5.74) is 0. The molecule has 1 aromatic carbocycles. The van der Waals surface area contributed by atoms with Crippen LogP contribution >= 0.6 is 12.4 Å². The molecule has 118 valence electrons. The Morgan fingerprint density at radius 3 is 2.77 bits per heavy atom. The number of halogens is 1. The van der Waals surface area contributed by atoms with Crippen molar-refractivity contribution >= 4 is 18.3 Å². The van der Waals surface area contributed by atoms with Gasteiger partial charge in [-0.05, 0) is 37.6 Å². The lowest BCUT2D eigenvalue weighted by atomic mass is 10.1. The zero-order chi connectivity index (χ0) is 14.5. The van der Waals surface area contributed by atoms with Crippen molar-refractivity contribution in [3.05, 3.63) is 48.2 Å². The highest BCUT2D eigenvalue weighted by Crippen LogP contribution is 2.23. The molecule has 2 aromatic rings. The molecule has 1 saturated heterocycles. The summed E-state index contributed by atoms with van der Waals surface area (Å²) in [7, 11) is 0. The molecular formula is C16H19ClN2O3. The number of hydrogen-bond donors (Lipinski definition) is 2. The second-order valence-electron chi connectivity index (χ2n) is 5.05. The number of benzene rings is 1. The first kappa shape index (κ1) is 16.4. The number of nitrogens with one attached hydrogen (secondary N) is 2. The van der Waals surface area contributed by atoms with Crippen molar-refractivity contribution < 1.29 is 13.9 Å². The first-order valence-electron chi connectivity index (χ1n) is 7.15. The summed E-state index contributed by atoms with van der Waals surface area (Å²) in [6, 6.07) is 12.8. The van der Waals surface area contributed by atoms with Crippen LogP contribution in [0.3, 0.4) is 0 Å². The van der Waals surface area contributed by atoms with Gasteiger partial charge in [0.05, 0.1) is 0 Å². The van der Waals surface area contributed by atoms with Gasteiger partial charge >= 0.3 is 0 Å². The van der Waals surface area contributed by atoms with Gasteiger partial charge in [-0.3, -0.25) is 4.79 Å². The number of para-hydroxylation sites is 1. The fraction of sp³-hybridized carbons (Fsp3) is 0.312. The second-order valence-corrected chi connectivity index (χ2v) is 5.05. The third-order valence-corrected chi connectivity index (χ3v) is 3.40. The van der Waals surface area contributed by atoms with Crippen molar-refractivity contribution in [3.8, 4) is 11.7 Å². The molecule has 0 saturated carbocycles. The third kappa shape index (κ3) is 4.26. The second kappa shape index (κ2) is 7.87. The Morgan fingerprint density at radius 2 is 2.05 bits per heavy atom. The minimum atomic E-state index is -0.202. The van der Waals surface area contributed by atoms with Crippen LogP contribution in [-0.2, 0) is 0 Å². The number of furan rings is 1. The average molecular weight is 323 g/mol. The first-order chi connectivity index (χ1) is 10.3. The lowest BCUT2D eigenvalue weighted by Crippen LogP contribution is -2.45. The molecule has 0 aliphatic carbocycles. The highest BCUT2D eigenvalue weighted by atomic mass is 35.5. The van der Waals surface area contributed by atoms with Crippen LogP contribution < -0.4 is 15.4 Å². The standard InChI is InChI=1S/C16H18N2O3.ClH/c19-16(18-12-5-4-10-17-11-12)14-8-9-15(21-14)20-13-6-2-1-3-7-13;/h1-3,6-9,12,17H,4-5,10-11H2,(H,18,19);1H/t12-;/m0./s1. The fourth-order valence-electron chi connectivity index (χ4n) is 2.33. The Balaban J connectivity index is 0.00000176. The third-order valence-electron chi connectivity index (χ3n) is 3.40. The predicted octanol–water partition coefficient (Wildman–Crippen LogP) is 2.98. The minimum Gasteiger partial charge on any atom is -0.426 e. The van der Waals surface area contributed by atoms with Crippen molar-refractivity contribution in [2.45, 2.75) is 18.9 Å². The van der Waals surface area contributed by atoms with Gasteiger partial charge in [0.2, 0.25) is 0 Å². The Hall–Kier alpha value is -1.98. The van der Waals surface area contributed by atoms with Crippen molar-refractivity contribution in [1.29, 1.82) is 0 Å². The molecule has 1 aliphatic rings. The normalized spacial score (nSPS) is 17.4. The molecule has 1 amide bonds. The van der Waals surface area contributed by atoms with Crippen LogP contribution in [0.1, 0.15) is 23.4 Å². The molecule has 1 aromatic heterocycles. The molecule has 3 rings (SSSR count). The molecule has 0 bridgehead atoms. The summed E-state index contributed by atoms with van der Waals surface area (Å²) in [4.78, 5) is 12.1. The van der Waals surface area contributed by atoms with Crippen molar-refractivity contribution in [2.24, 2.45) is 0 Å². The lowest BCUT2D eigenvalue weighted by Gasteiger charge is -2.23. The Bertz CT molecular complexity index is 594. The smallest absolute Gasteiger partial charge is 0.290 e. The van der Waals surface area contributed by atoms with E-state index in [0.717, 1.165) is 25.9 Å². The highest BCUT2D eigenvalue weighted by Gasteiger charge is 2.18. The van der Waals surface area contributed by atoms with Gasteiger partial charge in [0.25, 0.3) is 11.9 Å². The van der Waals surface area contributed by atoms with Crippen LogP contribution in [0.4, 0.5) is 0 Å². The number of carbonyl (C=O) groups is 1. The summed E-state index contributed by atoms with van der Waals surface area (Å²) in [5.74, 6) is 1.06. The van der Waals surface area contributed by atoms with E-state index in [2.05, 4.69) is 10.6 Å². The van der Waals surface area contributed by atoms with Gasteiger partial charge in [0, 0.05) is 18.7 Å². The van der Waals surface area contributed by atoms with E-state index in [1.54, 1.807) is 12.1 Å². The Morgan fingerprint density at radius 1 is 1.23 bits per heavy atom. The van der Waals surface area contributed by atoms with E-state index in [4.69, 9.17) is 9.15 Å². The monoisotopic (exact) mass is 322 g/mol. The summed E-state index contributed by atoms with van der Waals surface area (Å²) in [5, 5.41) is 6.22. The van der Waals surface area contributed by atoms with E-state index in [1.165, 1.54) is 0 Å². The molecule has 0 radical (unpaired) electrons. The zero-order valence-corrected chi connectivity index (χ0v) is 12.9. The molecular weight excluding hydrogens is 304 g/mol. The number of ether oxygens (including phenoxy) is 1.